The first kappa shape index (κ1) is 13.4. The molecule has 1 aliphatic rings. The zero-order valence-corrected chi connectivity index (χ0v) is 10.9. The third kappa shape index (κ3) is 3.50. The summed E-state index contributed by atoms with van der Waals surface area (Å²) in [5.74, 6) is 0.613. The predicted molar refractivity (Wildman–Crippen MR) is 73.1 cm³/mol. The first-order valence-electron chi connectivity index (χ1n) is 6.80. The van der Waals surface area contributed by atoms with E-state index in [1.807, 2.05) is 19.1 Å². The standard InChI is InChI=1S/C14H21BO3/c1-11-8-9-14(13(10-11)15(16)17)18-12-6-4-2-3-5-7-12/h8-10,12,16-17H,2-7H2,1H3. The fourth-order valence-corrected chi connectivity index (χ4v) is 2.52. The summed E-state index contributed by atoms with van der Waals surface area (Å²) < 4.78 is 5.96. The van der Waals surface area contributed by atoms with Gasteiger partial charge in [-0.2, -0.15) is 0 Å². The molecule has 4 heteroatoms. The fourth-order valence-electron chi connectivity index (χ4n) is 2.52. The average molecular weight is 248 g/mol. The maximum Gasteiger partial charge on any atom is 0.492 e. The van der Waals surface area contributed by atoms with E-state index in [-0.39, 0.29) is 6.10 Å². The number of rotatable bonds is 3. The second-order valence-electron chi connectivity index (χ2n) is 5.15. The normalized spacial score (nSPS) is 17.3. The minimum Gasteiger partial charge on any atom is -0.491 e. The van der Waals surface area contributed by atoms with Gasteiger partial charge in [-0.15, -0.1) is 0 Å². The van der Waals surface area contributed by atoms with Gasteiger partial charge in [0.1, 0.15) is 5.75 Å². The molecule has 0 heterocycles. The molecule has 0 saturated heterocycles. The Balaban J connectivity index is 2.12. The van der Waals surface area contributed by atoms with Gasteiger partial charge >= 0.3 is 7.12 Å². The summed E-state index contributed by atoms with van der Waals surface area (Å²) in [5, 5.41) is 18.8. The van der Waals surface area contributed by atoms with Gasteiger partial charge in [0.25, 0.3) is 0 Å². The Kier molecular flexibility index (Phi) is 4.67. The average Bonchev–Trinajstić information content (AvgIpc) is 2.60. The van der Waals surface area contributed by atoms with Gasteiger partial charge in [-0.3, -0.25) is 0 Å². The van der Waals surface area contributed by atoms with Crippen LogP contribution in [0.1, 0.15) is 44.1 Å². The third-order valence-electron chi connectivity index (χ3n) is 3.54. The Hall–Kier alpha value is -0.995. The minimum absolute atomic E-state index is 0.215. The SMILES string of the molecule is Cc1ccc(OC2CCCCCC2)c(B(O)O)c1. The van der Waals surface area contributed by atoms with Crippen molar-refractivity contribution in [2.24, 2.45) is 0 Å². The van der Waals surface area contributed by atoms with E-state index in [1.165, 1.54) is 25.7 Å². The largest absolute Gasteiger partial charge is 0.492 e. The monoisotopic (exact) mass is 248 g/mol. The van der Waals surface area contributed by atoms with Crippen LogP contribution in [0.25, 0.3) is 0 Å². The number of aryl methyl sites for hydroxylation is 1. The van der Waals surface area contributed by atoms with Gasteiger partial charge in [-0.1, -0.05) is 30.5 Å². The van der Waals surface area contributed by atoms with Crippen LogP contribution in [0.2, 0.25) is 0 Å². The van der Waals surface area contributed by atoms with Gasteiger partial charge in [0.15, 0.2) is 0 Å². The van der Waals surface area contributed by atoms with E-state index < -0.39 is 7.12 Å². The lowest BCUT2D eigenvalue weighted by Crippen LogP contribution is -2.33. The highest BCUT2D eigenvalue weighted by Crippen LogP contribution is 2.22. The van der Waals surface area contributed by atoms with Crippen LogP contribution in [-0.4, -0.2) is 23.3 Å². The summed E-state index contributed by atoms with van der Waals surface area (Å²) in [5.41, 5.74) is 1.48. The lowest BCUT2D eigenvalue weighted by Gasteiger charge is -2.19. The Morgan fingerprint density at radius 2 is 1.78 bits per heavy atom. The molecule has 1 aromatic carbocycles. The van der Waals surface area contributed by atoms with Crippen molar-refractivity contribution >= 4 is 12.6 Å². The van der Waals surface area contributed by atoms with E-state index in [1.54, 1.807) is 6.07 Å². The van der Waals surface area contributed by atoms with Crippen molar-refractivity contribution in [1.82, 2.24) is 0 Å². The molecule has 0 atom stereocenters. The van der Waals surface area contributed by atoms with Crippen LogP contribution >= 0.6 is 0 Å². The first-order valence-corrected chi connectivity index (χ1v) is 6.80. The quantitative estimate of drug-likeness (QED) is 0.633. The highest BCUT2D eigenvalue weighted by atomic mass is 16.5. The highest BCUT2D eigenvalue weighted by Gasteiger charge is 2.20. The first-order chi connectivity index (χ1) is 8.66. The second kappa shape index (κ2) is 6.25. The van der Waals surface area contributed by atoms with Crippen LogP contribution in [-0.2, 0) is 0 Å². The van der Waals surface area contributed by atoms with Crippen LogP contribution in [0.15, 0.2) is 18.2 Å². The summed E-state index contributed by atoms with van der Waals surface area (Å²) in [6.45, 7) is 1.93. The van der Waals surface area contributed by atoms with E-state index in [0.29, 0.717) is 11.2 Å². The molecule has 1 aromatic rings. The molecule has 2 N–H and O–H groups in total. The molecular formula is C14H21BO3. The predicted octanol–water partition coefficient (Wildman–Crippen LogP) is 1.78. The second-order valence-corrected chi connectivity index (χ2v) is 5.15. The van der Waals surface area contributed by atoms with Gasteiger partial charge < -0.3 is 14.8 Å². The summed E-state index contributed by atoms with van der Waals surface area (Å²) in [7, 11) is -1.47. The number of hydrogen-bond donors (Lipinski definition) is 2. The summed E-state index contributed by atoms with van der Waals surface area (Å²) in [6.07, 6.45) is 7.31. The molecule has 1 saturated carbocycles. The lowest BCUT2D eigenvalue weighted by molar-refractivity contribution is 0.185. The smallest absolute Gasteiger partial charge is 0.491 e. The van der Waals surface area contributed by atoms with Gasteiger partial charge in [0.05, 0.1) is 6.10 Å². The van der Waals surface area contributed by atoms with Crippen LogP contribution in [0.5, 0.6) is 5.75 Å². The molecule has 18 heavy (non-hydrogen) atoms. The molecule has 0 unspecified atom stereocenters. The minimum atomic E-state index is -1.47. The molecule has 1 fully saturated rings. The Morgan fingerprint density at radius 1 is 1.11 bits per heavy atom. The summed E-state index contributed by atoms with van der Waals surface area (Å²) in [6, 6.07) is 5.56. The number of ether oxygens (including phenoxy) is 1. The van der Waals surface area contributed by atoms with E-state index in [2.05, 4.69) is 0 Å². The molecule has 0 spiro atoms. The Bertz CT molecular complexity index is 385. The van der Waals surface area contributed by atoms with Gasteiger partial charge in [0, 0.05) is 5.46 Å². The number of hydrogen-bond acceptors (Lipinski definition) is 3. The Morgan fingerprint density at radius 3 is 2.39 bits per heavy atom. The van der Waals surface area contributed by atoms with Crippen molar-refractivity contribution in [3.05, 3.63) is 23.8 Å². The van der Waals surface area contributed by atoms with Crippen LogP contribution < -0.4 is 10.2 Å². The maximum absolute atomic E-state index is 9.39. The summed E-state index contributed by atoms with van der Waals surface area (Å²) in [4.78, 5) is 0. The van der Waals surface area contributed by atoms with Gasteiger partial charge in [0.2, 0.25) is 0 Å². The molecule has 0 radical (unpaired) electrons. The van der Waals surface area contributed by atoms with Crippen molar-refractivity contribution in [1.29, 1.82) is 0 Å². The molecule has 0 bridgehead atoms. The van der Waals surface area contributed by atoms with E-state index in [9.17, 15) is 10.0 Å². The van der Waals surface area contributed by atoms with E-state index in [0.717, 1.165) is 18.4 Å². The maximum atomic E-state index is 9.39. The molecule has 0 amide bonds. The van der Waals surface area contributed by atoms with E-state index >= 15 is 0 Å². The highest BCUT2D eigenvalue weighted by molar-refractivity contribution is 6.59. The fraction of sp³-hybridized carbons (Fsp3) is 0.571. The Labute approximate surface area is 109 Å². The number of benzene rings is 1. The topological polar surface area (TPSA) is 49.7 Å². The molecule has 2 rings (SSSR count). The van der Waals surface area contributed by atoms with E-state index in [4.69, 9.17) is 4.74 Å². The van der Waals surface area contributed by atoms with Crippen molar-refractivity contribution in [3.8, 4) is 5.75 Å². The van der Waals surface area contributed by atoms with Crippen LogP contribution in [0.3, 0.4) is 0 Å². The zero-order chi connectivity index (χ0) is 13.0. The molecule has 98 valence electrons. The van der Waals surface area contributed by atoms with Gasteiger partial charge in [-0.05, 0) is 38.7 Å². The van der Waals surface area contributed by atoms with Crippen molar-refractivity contribution in [2.45, 2.75) is 51.6 Å². The van der Waals surface area contributed by atoms with Crippen molar-refractivity contribution in [3.63, 3.8) is 0 Å². The summed E-state index contributed by atoms with van der Waals surface area (Å²) >= 11 is 0. The zero-order valence-electron chi connectivity index (χ0n) is 10.9. The van der Waals surface area contributed by atoms with Gasteiger partial charge in [-0.25, -0.2) is 0 Å². The van der Waals surface area contributed by atoms with Crippen molar-refractivity contribution < 1.29 is 14.8 Å². The molecule has 0 aliphatic heterocycles. The molecule has 1 aliphatic carbocycles. The molecule has 3 nitrogen and oxygen atoms in total. The molecule has 0 aromatic heterocycles. The van der Waals surface area contributed by atoms with Crippen molar-refractivity contribution in [2.75, 3.05) is 0 Å². The lowest BCUT2D eigenvalue weighted by atomic mass is 9.79. The van der Waals surface area contributed by atoms with Crippen LogP contribution in [0, 0.1) is 6.92 Å². The van der Waals surface area contributed by atoms with Crippen LogP contribution in [0.4, 0.5) is 0 Å². The third-order valence-corrected chi connectivity index (χ3v) is 3.54. The molecular weight excluding hydrogens is 227 g/mol.